The van der Waals surface area contributed by atoms with Crippen molar-refractivity contribution < 1.29 is 4.79 Å². The second kappa shape index (κ2) is 4.64. The molecular formula is C11H15ClN2O. The third kappa shape index (κ3) is 4.32. The van der Waals surface area contributed by atoms with Crippen molar-refractivity contribution in [3.8, 4) is 0 Å². The van der Waals surface area contributed by atoms with Crippen LogP contribution in [0.2, 0.25) is 5.02 Å². The third-order valence-electron chi connectivity index (χ3n) is 1.79. The summed E-state index contributed by atoms with van der Waals surface area (Å²) in [4.78, 5) is 11.6. The first-order chi connectivity index (χ1) is 6.88. The molecule has 1 amide bonds. The normalized spacial score (nSPS) is 11.2. The lowest BCUT2D eigenvalue weighted by atomic mass is 10.1. The topological polar surface area (TPSA) is 55.1 Å². The smallest absolute Gasteiger partial charge is 0.251 e. The van der Waals surface area contributed by atoms with E-state index in [2.05, 4.69) is 5.32 Å². The number of hydrogen-bond donors (Lipinski definition) is 2. The molecule has 1 aromatic carbocycles. The second-order valence-corrected chi connectivity index (χ2v) is 4.62. The molecule has 0 aliphatic heterocycles. The van der Waals surface area contributed by atoms with E-state index in [0.29, 0.717) is 17.1 Å². The fourth-order valence-corrected chi connectivity index (χ4v) is 1.23. The van der Waals surface area contributed by atoms with Crippen molar-refractivity contribution in [2.75, 3.05) is 6.54 Å². The minimum absolute atomic E-state index is 0.156. The zero-order chi connectivity index (χ0) is 11.5. The Balaban J connectivity index is 2.62. The van der Waals surface area contributed by atoms with Gasteiger partial charge in [-0.3, -0.25) is 4.79 Å². The maximum Gasteiger partial charge on any atom is 0.251 e. The van der Waals surface area contributed by atoms with Gasteiger partial charge in [0.1, 0.15) is 0 Å². The summed E-state index contributed by atoms with van der Waals surface area (Å²) in [7, 11) is 0. The van der Waals surface area contributed by atoms with Crippen LogP contribution in [0.15, 0.2) is 24.3 Å². The minimum atomic E-state index is -0.408. The van der Waals surface area contributed by atoms with Crippen molar-refractivity contribution in [3.63, 3.8) is 0 Å². The summed E-state index contributed by atoms with van der Waals surface area (Å²) in [5.41, 5.74) is 5.89. The molecule has 1 aromatic rings. The van der Waals surface area contributed by atoms with Gasteiger partial charge in [-0.2, -0.15) is 0 Å². The molecule has 0 aromatic heterocycles. The van der Waals surface area contributed by atoms with Gasteiger partial charge in [0.25, 0.3) is 5.91 Å². The second-order valence-electron chi connectivity index (χ2n) is 4.18. The summed E-state index contributed by atoms with van der Waals surface area (Å²) < 4.78 is 0. The number of halogens is 1. The van der Waals surface area contributed by atoms with Crippen LogP contribution in [0.1, 0.15) is 24.2 Å². The number of carbonyl (C=O) groups excluding carboxylic acids is 1. The zero-order valence-electron chi connectivity index (χ0n) is 8.88. The Bertz CT molecular complexity index is 358. The fourth-order valence-electron chi connectivity index (χ4n) is 1.04. The highest BCUT2D eigenvalue weighted by molar-refractivity contribution is 6.30. The lowest BCUT2D eigenvalue weighted by molar-refractivity contribution is 0.0946. The fraction of sp³-hybridized carbons (Fsp3) is 0.364. The SMILES string of the molecule is CC(C)(N)CNC(=O)c1cccc(Cl)c1. The monoisotopic (exact) mass is 226 g/mol. The quantitative estimate of drug-likeness (QED) is 0.826. The van der Waals surface area contributed by atoms with E-state index in [0.717, 1.165) is 0 Å². The van der Waals surface area contributed by atoms with Crippen molar-refractivity contribution in [3.05, 3.63) is 34.9 Å². The average Bonchev–Trinajstić information content (AvgIpc) is 2.13. The van der Waals surface area contributed by atoms with Crippen LogP contribution in [0.5, 0.6) is 0 Å². The largest absolute Gasteiger partial charge is 0.350 e. The molecule has 0 saturated carbocycles. The van der Waals surface area contributed by atoms with E-state index in [4.69, 9.17) is 17.3 Å². The first-order valence-electron chi connectivity index (χ1n) is 4.71. The van der Waals surface area contributed by atoms with Gasteiger partial charge in [-0.15, -0.1) is 0 Å². The summed E-state index contributed by atoms with van der Waals surface area (Å²) in [6.07, 6.45) is 0. The van der Waals surface area contributed by atoms with E-state index in [9.17, 15) is 4.79 Å². The molecule has 1 rings (SSSR count). The number of nitrogens with two attached hydrogens (primary N) is 1. The van der Waals surface area contributed by atoms with Crippen LogP contribution in [-0.4, -0.2) is 18.0 Å². The molecule has 3 N–H and O–H groups in total. The van der Waals surface area contributed by atoms with Gasteiger partial charge in [-0.1, -0.05) is 17.7 Å². The molecule has 0 saturated heterocycles. The number of benzene rings is 1. The average molecular weight is 227 g/mol. The first kappa shape index (κ1) is 12.0. The summed E-state index contributed by atoms with van der Waals surface area (Å²) in [5, 5.41) is 3.29. The maximum absolute atomic E-state index is 11.6. The van der Waals surface area contributed by atoms with E-state index in [-0.39, 0.29) is 5.91 Å². The Morgan fingerprint density at radius 1 is 1.53 bits per heavy atom. The summed E-state index contributed by atoms with van der Waals surface area (Å²) in [5.74, 6) is -0.156. The lowest BCUT2D eigenvalue weighted by Crippen LogP contribution is -2.45. The van der Waals surface area contributed by atoms with Gasteiger partial charge in [-0.25, -0.2) is 0 Å². The van der Waals surface area contributed by atoms with Gasteiger partial charge in [0.15, 0.2) is 0 Å². The molecular weight excluding hydrogens is 212 g/mol. The van der Waals surface area contributed by atoms with Gasteiger partial charge < -0.3 is 11.1 Å². The molecule has 0 heterocycles. The lowest BCUT2D eigenvalue weighted by Gasteiger charge is -2.18. The van der Waals surface area contributed by atoms with E-state index in [1.54, 1.807) is 24.3 Å². The van der Waals surface area contributed by atoms with E-state index >= 15 is 0 Å². The molecule has 0 atom stereocenters. The van der Waals surface area contributed by atoms with Crippen molar-refractivity contribution >= 4 is 17.5 Å². The van der Waals surface area contributed by atoms with Crippen LogP contribution in [0.3, 0.4) is 0 Å². The highest BCUT2D eigenvalue weighted by Gasteiger charge is 2.13. The highest BCUT2D eigenvalue weighted by atomic mass is 35.5. The minimum Gasteiger partial charge on any atom is -0.350 e. The summed E-state index contributed by atoms with van der Waals surface area (Å²) in [6, 6.07) is 6.81. The molecule has 0 unspecified atom stereocenters. The number of carbonyl (C=O) groups is 1. The molecule has 82 valence electrons. The highest BCUT2D eigenvalue weighted by Crippen LogP contribution is 2.10. The third-order valence-corrected chi connectivity index (χ3v) is 2.03. The zero-order valence-corrected chi connectivity index (χ0v) is 9.64. The molecule has 0 bridgehead atoms. The summed E-state index contributed by atoms with van der Waals surface area (Å²) >= 11 is 5.77. The van der Waals surface area contributed by atoms with Crippen LogP contribution in [-0.2, 0) is 0 Å². The van der Waals surface area contributed by atoms with Crippen molar-refractivity contribution in [1.29, 1.82) is 0 Å². The molecule has 0 radical (unpaired) electrons. The Kier molecular flexibility index (Phi) is 3.72. The Morgan fingerprint density at radius 3 is 2.73 bits per heavy atom. The van der Waals surface area contributed by atoms with E-state index in [1.165, 1.54) is 0 Å². The molecule has 3 nitrogen and oxygen atoms in total. The number of nitrogens with one attached hydrogen (secondary N) is 1. The predicted molar refractivity (Wildman–Crippen MR) is 62.1 cm³/mol. The van der Waals surface area contributed by atoms with Gasteiger partial charge in [-0.05, 0) is 32.0 Å². The van der Waals surface area contributed by atoms with Crippen LogP contribution in [0.25, 0.3) is 0 Å². The van der Waals surface area contributed by atoms with Gasteiger partial charge >= 0.3 is 0 Å². The number of amides is 1. The molecule has 0 aliphatic rings. The molecule has 4 heteroatoms. The van der Waals surface area contributed by atoms with Gasteiger partial charge in [0.05, 0.1) is 0 Å². The van der Waals surface area contributed by atoms with Crippen LogP contribution in [0.4, 0.5) is 0 Å². The standard InChI is InChI=1S/C11H15ClN2O/c1-11(2,13)7-14-10(15)8-4-3-5-9(12)6-8/h3-6H,7,13H2,1-2H3,(H,14,15). The van der Waals surface area contributed by atoms with Crippen molar-refractivity contribution in [2.45, 2.75) is 19.4 Å². The van der Waals surface area contributed by atoms with Crippen LogP contribution < -0.4 is 11.1 Å². The van der Waals surface area contributed by atoms with Gasteiger partial charge in [0.2, 0.25) is 0 Å². The van der Waals surface area contributed by atoms with Crippen LogP contribution in [0, 0.1) is 0 Å². The molecule has 0 spiro atoms. The number of hydrogen-bond acceptors (Lipinski definition) is 2. The summed E-state index contributed by atoms with van der Waals surface area (Å²) in [6.45, 7) is 4.13. The molecule has 15 heavy (non-hydrogen) atoms. The first-order valence-corrected chi connectivity index (χ1v) is 5.09. The molecule has 0 fully saturated rings. The number of rotatable bonds is 3. The van der Waals surface area contributed by atoms with Gasteiger partial charge in [0, 0.05) is 22.7 Å². The Labute approximate surface area is 94.6 Å². The Hall–Kier alpha value is -1.06. The predicted octanol–water partition coefficient (Wildman–Crippen LogP) is 1.81. The van der Waals surface area contributed by atoms with Crippen molar-refractivity contribution in [1.82, 2.24) is 5.32 Å². The van der Waals surface area contributed by atoms with Crippen molar-refractivity contribution in [2.24, 2.45) is 5.73 Å². The Morgan fingerprint density at radius 2 is 2.20 bits per heavy atom. The van der Waals surface area contributed by atoms with E-state index < -0.39 is 5.54 Å². The maximum atomic E-state index is 11.6. The van der Waals surface area contributed by atoms with Crippen LogP contribution >= 0.6 is 11.6 Å². The van der Waals surface area contributed by atoms with E-state index in [1.807, 2.05) is 13.8 Å². The molecule has 0 aliphatic carbocycles.